The number of aromatic nitrogens is 1. The average Bonchev–Trinajstić information content (AvgIpc) is 3.67. The summed E-state index contributed by atoms with van der Waals surface area (Å²) >= 11 is 9.31. The maximum absolute atomic E-state index is 13.3. The van der Waals surface area contributed by atoms with Gasteiger partial charge in [-0.05, 0) is 73.2 Å². The van der Waals surface area contributed by atoms with Gasteiger partial charge in [0.2, 0.25) is 0 Å². The van der Waals surface area contributed by atoms with E-state index in [0.717, 1.165) is 44.5 Å². The molecule has 0 atom stereocenters. The first-order valence-electron chi connectivity index (χ1n) is 14.2. The number of rotatable bonds is 8. The highest BCUT2D eigenvalue weighted by molar-refractivity contribution is 8.30. The molecule has 0 bridgehead atoms. The van der Waals surface area contributed by atoms with E-state index in [1.807, 2.05) is 31.2 Å². The molecule has 1 aliphatic rings. The maximum Gasteiger partial charge on any atom is 0.323 e. The van der Waals surface area contributed by atoms with Crippen LogP contribution in [0.15, 0.2) is 83.7 Å². The first-order valence-corrected chi connectivity index (χ1v) is 17.1. The molecule has 1 amide bonds. The number of nitrogens with one attached hydrogen (secondary N) is 1. The molecule has 7 nitrogen and oxygen atoms in total. The summed E-state index contributed by atoms with van der Waals surface area (Å²) in [7, 11) is 0. The second-order valence-electron chi connectivity index (χ2n) is 11.0. The third-order valence-electron chi connectivity index (χ3n) is 7.54. The zero-order valence-corrected chi connectivity index (χ0v) is 28.0. The lowest BCUT2D eigenvalue weighted by molar-refractivity contribution is -0.137. The first kappa shape index (κ1) is 31.0. The van der Waals surface area contributed by atoms with Gasteiger partial charge in [-0.1, -0.05) is 78.6 Å². The van der Waals surface area contributed by atoms with E-state index in [1.165, 1.54) is 25.4 Å². The molecule has 0 unspecified atom stereocenters. The van der Waals surface area contributed by atoms with Crippen LogP contribution >= 0.6 is 46.7 Å². The Morgan fingerprint density at radius 2 is 1.71 bits per heavy atom. The normalized spacial score (nSPS) is 15.4. The van der Waals surface area contributed by atoms with Crippen LogP contribution in [0.3, 0.4) is 0 Å². The molecule has 0 saturated carbocycles. The molecular weight excluding hydrogens is 643 g/mol. The number of carboxylic acid groups (broad SMARTS) is 1. The monoisotopic (exact) mass is 671 g/mol. The van der Waals surface area contributed by atoms with E-state index < -0.39 is 18.1 Å². The Hall–Kier alpha value is -4.03. The van der Waals surface area contributed by atoms with Crippen molar-refractivity contribution in [3.05, 3.63) is 110 Å². The molecule has 3 heterocycles. The predicted octanol–water partition coefficient (Wildman–Crippen LogP) is 6.04. The fourth-order valence-electron chi connectivity index (χ4n) is 5.19. The van der Waals surface area contributed by atoms with E-state index in [4.69, 9.17) is 12.2 Å². The molecule has 1 saturated heterocycles. The van der Waals surface area contributed by atoms with Crippen molar-refractivity contribution in [2.45, 2.75) is 32.9 Å². The largest absolute Gasteiger partial charge is 0.480 e. The highest BCUT2D eigenvalue weighted by Crippen LogP contribution is 2.35. The summed E-state index contributed by atoms with van der Waals surface area (Å²) in [5, 5.41) is 14.3. The van der Waals surface area contributed by atoms with Gasteiger partial charge < -0.3 is 10.4 Å². The van der Waals surface area contributed by atoms with Gasteiger partial charge in [-0.3, -0.25) is 23.9 Å². The van der Waals surface area contributed by atoms with E-state index in [0.29, 0.717) is 20.1 Å². The maximum atomic E-state index is 13.3. The van der Waals surface area contributed by atoms with Crippen LogP contribution in [0.4, 0.5) is 5.69 Å². The minimum Gasteiger partial charge on any atom is -0.480 e. The SMILES string of the molecule is CCN1C(=O)/C(=c2/s/c(=C/c3ccc(NC(C)(C)c4ccc(-c5cc6ccccc6s5)cc4)cc3)c(=O)n2CC(=O)O)SC1=S. The number of hydrogen-bond acceptors (Lipinski definition) is 8. The van der Waals surface area contributed by atoms with Gasteiger partial charge in [-0.25, -0.2) is 0 Å². The van der Waals surface area contributed by atoms with Gasteiger partial charge in [0.25, 0.3) is 11.5 Å². The van der Waals surface area contributed by atoms with Gasteiger partial charge in [0.1, 0.15) is 20.4 Å². The Balaban J connectivity index is 1.24. The van der Waals surface area contributed by atoms with E-state index >= 15 is 0 Å². The Morgan fingerprint density at radius 1 is 1.00 bits per heavy atom. The minimum absolute atomic E-state index is 0.281. The summed E-state index contributed by atoms with van der Waals surface area (Å²) in [6, 6.07) is 27.0. The average molecular weight is 672 g/mol. The van der Waals surface area contributed by atoms with Crippen LogP contribution in [0.5, 0.6) is 0 Å². The topological polar surface area (TPSA) is 91.6 Å². The van der Waals surface area contributed by atoms with Gasteiger partial charge in [-0.2, -0.15) is 0 Å². The molecule has 2 N–H and O–H groups in total. The molecule has 2 aromatic heterocycles. The zero-order chi connectivity index (χ0) is 31.9. The van der Waals surface area contributed by atoms with Crippen molar-refractivity contribution >= 4 is 89.6 Å². The van der Waals surface area contributed by atoms with Gasteiger partial charge in [-0.15, -0.1) is 22.7 Å². The van der Waals surface area contributed by atoms with Crippen LogP contribution in [-0.2, 0) is 21.7 Å². The fourth-order valence-corrected chi connectivity index (χ4v) is 8.90. The molecule has 0 aliphatic carbocycles. The number of amides is 1. The molecule has 228 valence electrons. The van der Waals surface area contributed by atoms with E-state index in [9.17, 15) is 19.5 Å². The van der Waals surface area contributed by atoms with Crippen LogP contribution in [0.2, 0.25) is 0 Å². The lowest BCUT2D eigenvalue weighted by Crippen LogP contribution is -2.35. The molecule has 5 aromatic rings. The van der Waals surface area contributed by atoms with E-state index in [1.54, 1.807) is 17.4 Å². The molecule has 1 fully saturated rings. The summed E-state index contributed by atoms with van der Waals surface area (Å²) in [5.74, 6) is -1.48. The number of nitrogens with zero attached hydrogens (tertiary/aromatic N) is 2. The number of aliphatic carboxylic acids is 1. The lowest BCUT2D eigenvalue weighted by Gasteiger charge is -2.28. The highest BCUT2D eigenvalue weighted by atomic mass is 32.2. The Kier molecular flexibility index (Phi) is 8.53. The van der Waals surface area contributed by atoms with Gasteiger partial charge in [0.05, 0.1) is 10.1 Å². The van der Waals surface area contributed by atoms with Crippen LogP contribution in [0.1, 0.15) is 31.9 Å². The van der Waals surface area contributed by atoms with Crippen LogP contribution in [0.25, 0.3) is 31.5 Å². The summed E-state index contributed by atoms with van der Waals surface area (Å²) in [4.78, 5) is 40.8. The van der Waals surface area contributed by atoms with Crippen molar-refractivity contribution in [3.8, 4) is 10.4 Å². The van der Waals surface area contributed by atoms with Gasteiger partial charge in [0.15, 0.2) is 0 Å². The number of carboxylic acids is 1. The van der Waals surface area contributed by atoms with E-state index in [-0.39, 0.29) is 16.4 Å². The predicted molar refractivity (Wildman–Crippen MR) is 190 cm³/mol. The molecule has 0 spiro atoms. The summed E-state index contributed by atoms with van der Waals surface area (Å²) in [6.07, 6.45) is 1.72. The van der Waals surface area contributed by atoms with Crippen molar-refractivity contribution < 1.29 is 14.7 Å². The Labute approximate surface area is 277 Å². The smallest absolute Gasteiger partial charge is 0.323 e. The summed E-state index contributed by atoms with van der Waals surface area (Å²) in [6.45, 7) is 5.93. The third kappa shape index (κ3) is 6.26. The molecule has 6 rings (SSSR count). The van der Waals surface area contributed by atoms with Crippen molar-refractivity contribution in [1.82, 2.24) is 9.47 Å². The minimum atomic E-state index is -1.17. The van der Waals surface area contributed by atoms with Crippen LogP contribution in [-0.4, -0.2) is 37.3 Å². The summed E-state index contributed by atoms with van der Waals surface area (Å²) < 4.78 is 3.46. The quantitative estimate of drug-likeness (QED) is 0.195. The number of thioether (sulfide) groups is 1. The molecular formula is C34H29N3O4S4. The number of anilines is 1. The van der Waals surface area contributed by atoms with Crippen molar-refractivity contribution in [1.29, 1.82) is 0 Å². The number of carbonyl (C=O) groups is 2. The van der Waals surface area contributed by atoms with Gasteiger partial charge in [0, 0.05) is 21.8 Å². The van der Waals surface area contributed by atoms with Crippen molar-refractivity contribution in [2.75, 3.05) is 11.9 Å². The third-order valence-corrected chi connectivity index (χ3v) is 11.4. The molecule has 0 radical (unpaired) electrons. The van der Waals surface area contributed by atoms with Crippen LogP contribution < -0.4 is 20.1 Å². The molecule has 1 aliphatic heterocycles. The number of carbonyl (C=O) groups excluding carboxylic acids is 1. The van der Waals surface area contributed by atoms with Crippen molar-refractivity contribution in [2.24, 2.45) is 0 Å². The lowest BCUT2D eigenvalue weighted by atomic mass is 9.92. The fraction of sp³-hybridized carbons (Fsp3) is 0.176. The standard InChI is InChI=1S/C34H29N3O4S4/c1-4-36-31(41)29(45-33(36)42)32-37(19-28(38)39)30(40)27(44-32)17-20-9-15-24(16-10-20)35-34(2,3)23-13-11-21(12-14-23)26-18-22-7-5-6-8-25(22)43-26/h5-18,35H,4,19H2,1-3H3,(H,38,39)/b27-17+,32-29-. The van der Waals surface area contributed by atoms with E-state index in [2.05, 4.69) is 73.8 Å². The number of benzene rings is 3. The number of thiophene rings is 1. The molecule has 3 aromatic carbocycles. The molecule has 45 heavy (non-hydrogen) atoms. The molecule has 11 heteroatoms. The second kappa shape index (κ2) is 12.4. The van der Waals surface area contributed by atoms with Crippen LogP contribution in [0, 0.1) is 0 Å². The Morgan fingerprint density at radius 3 is 2.36 bits per heavy atom. The second-order valence-corrected chi connectivity index (χ2v) is 14.8. The zero-order valence-electron chi connectivity index (χ0n) is 24.7. The highest BCUT2D eigenvalue weighted by Gasteiger charge is 2.33. The number of hydrogen-bond donors (Lipinski definition) is 2. The number of fused-ring (bicyclic) bond motifs is 1. The Bertz CT molecular complexity index is 2110. The number of thiocarbonyl (C=S) groups is 1. The number of thiazole rings is 1. The first-order chi connectivity index (χ1) is 21.5. The van der Waals surface area contributed by atoms with Crippen molar-refractivity contribution in [3.63, 3.8) is 0 Å². The summed E-state index contributed by atoms with van der Waals surface area (Å²) in [5.41, 5.74) is 3.21. The van der Waals surface area contributed by atoms with Gasteiger partial charge >= 0.3 is 5.97 Å².